The second-order valence-electron chi connectivity index (χ2n) is 5.61. The third-order valence-corrected chi connectivity index (χ3v) is 3.84. The highest BCUT2D eigenvalue weighted by Gasteiger charge is 2.28. The summed E-state index contributed by atoms with van der Waals surface area (Å²) in [5.74, 6) is -0.144. The molecule has 1 aliphatic heterocycles. The molecular formula is C16H25FN2O. The Labute approximate surface area is 121 Å². The first-order valence-electron chi connectivity index (χ1n) is 7.41. The SMILES string of the molecule is CCCNC(c1ccc(C)c(F)c1)C1CN(C)CCO1. The minimum absolute atomic E-state index is 0.0489. The van der Waals surface area contributed by atoms with Crippen molar-refractivity contribution in [2.75, 3.05) is 33.3 Å². The van der Waals surface area contributed by atoms with Gasteiger partial charge in [-0.25, -0.2) is 4.39 Å². The molecule has 1 aromatic rings. The molecule has 0 radical (unpaired) electrons. The van der Waals surface area contributed by atoms with E-state index in [2.05, 4.69) is 24.2 Å². The van der Waals surface area contributed by atoms with Crippen molar-refractivity contribution < 1.29 is 9.13 Å². The Balaban J connectivity index is 2.19. The standard InChI is InChI=1S/C16H25FN2O/c1-4-7-18-16(15-11-19(3)8-9-20-15)13-6-5-12(2)14(17)10-13/h5-6,10,15-16,18H,4,7-9,11H2,1-3H3. The Morgan fingerprint density at radius 1 is 1.50 bits per heavy atom. The average Bonchev–Trinajstić information content (AvgIpc) is 2.43. The molecule has 3 nitrogen and oxygen atoms in total. The molecule has 1 heterocycles. The van der Waals surface area contributed by atoms with Crippen LogP contribution in [-0.4, -0.2) is 44.3 Å². The van der Waals surface area contributed by atoms with E-state index in [9.17, 15) is 4.39 Å². The molecule has 0 spiro atoms. The van der Waals surface area contributed by atoms with Gasteiger partial charge in [-0.3, -0.25) is 0 Å². The van der Waals surface area contributed by atoms with E-state index in [0.717, 1.165) is 38.2 Å². The Hall–Kier alpha value is -0.970. The number of nitrogens with one attached hydrogen (secondary N) is 1. The summed E-state index contributed by atoms with van der Waals surface area (Å²) in [6.45, 7) is 7.39. The molecular weight excluding hydrogens is 255 g/mol. The number of aryl methyl sites for hydroxylation is 1. The molecule has 0 saturated carbocycles. The monoisotopic (exact) mass is 280 g/mol. The zero-order valence-corrected chi connectivity index (χ0v) is 12.7. The maximum Gasteiger partial charge on any atom is 0.126 e. The summed E-state index contributed by atoms with van der Waals surface area (Å²) in [6, 6.07) is 5.54. The van der Waals surface area contributed by atoms with Crippen LogP contribution >= 0.6 is 0 Å². The summed E-state index contributed by atoms with van der Waals surface area (Å²) >= 11 is 0. The zero-order valence-electron chi connectivity index (χ0n) is 12.7. The second kappa shape index (κ2) is 7.16. The largest absolute Gasteiger partial charge is 0.374 e. The van der Waals surface area contributed by atoms with Crippen LogP contribution in [0.5, 0.6) is 0 Å². The number of benzene rings is 1. The predicted octanol–water partition coefficient (Wildman–Crippen LogP) is 2.51. The number of ether oxygens (including phenoxy) is 1. The van der Waals surface area contributed by atoms with Crippen molar-refractivity contribution in [3.05, 3.63) is 35.1 Å². The van der Waals surface area contributed by atoms with Gasteiger partial charge in [0.05, 0.1) is 18.8 Å². The molecule has 1 aliphatic rings. The van der Waals surface area contributed by atoms with Crippen LogP contribution in [0.3, 0.4) is 0 Å². The van der Waals surface area contributed by atoms with Crippen LogP contribution < -0.4 is 5.32 Å². The lowest BCUT2D eigenvalue weighted by Crippen LogP contribution is -2.46. The van der Waals surface area contributed by atoms with E-state index in [4.69, 9.17) is 4.74 Å². The van der Waals surface area contributed by atoms with E-state index >= 15 is 0 Å². The number of morpholine rings is 1. The van der Waals surface area contributed by atoms with E-state index in [1.807, 2.05) is 12.1 Å². The molecule has 0 aliphatic carbocycles. The third kappa shape index (κ3) is 3.78. The van der Waals surface area contributed by atoms with Gasteiger partial charge < -0.3 is 15.0 Å². The summed E-state index contributed by atoms with van der Waals surface area (Å²) in [4.78, 5) is 2.26. The fourth-order valence-corrected chi connectivity index (χ4v) is 2.58. The number of hydrogen-bond donors (Lipinski definition) is 1. The molecule has 20 heavy (non-hydrogen) atoms. The molecule has 4 heteroatoms. The third-order valence-electron chi connectivity index (χ3n) is 3.84. The first-order chi connectivity index (χ1) is 9.61. The average molecular weight is 280 g/mol. The summed E-state index contributed by atoms with van der Waals surface area (Å²) in [7, 11) is 2.10. The molecule has 0 amide bonds. The van der Waals surface area contributed by atoms with Crippen molar-refractivity contribution in [1.29, 1.82) is 0 Å². The van der Waals surface area contributed by atoms with Gasteiger partial charge in [-0.1, -0.05) is 19.1 Å². The van der Waals surface area contributed by atoms with Gasteiger partial charge in [-0.05, 0) is 44.1 Å². The Kier molecular flexibility index (Phi) is 5.52. The predicted molar refractivity (Wildman–Crippen MR) is 79.4 cm³/mol. The van der Waals surface area contributed by atoms with Crippen LogP contribution in [0.15, 0.2) is 18.2 Å². The topological polar surface area (TPSA) is 24.5 Å². The fraction of sp³-hybridized carbons (Fsp3) is 0.625. The lowest BCUT2D eigenvalue weighted by Gasteiger charge is -2.36. The van der Waals surface area contributed by atoms with Crippen LogP contribution in [-0.2, 0) is 4.74 Å². The van der Waals surface area contributed by atoms with Gasteiger partial charge in [0, 0.05) is 13.1 Å². The summed E-state index contributed by atoms with van der Waals surface area (Å²) in [5.41, 5.74) is 1.66. The summed E-state index contributed by atoms with van der Waals surface area (Å²) in [6.07, 6.45) is 1.12. The molecule has 2 rings (SSSR count). The first-order valence-corrected chi connectivity index (χ1v) is 7.41. The van der Waals surface area contributed by atoms with Crippen LogP contribution in [0.1, 0.15) is 30.5 Å². The molecule has 1 fully saturated rings. The summed E-state index contributed by atoms with van der Waals surface area (Å²) < 4.78 is 19.7. The van der Waals surface area contributed by atoms with Crippen LogP contribution in [0.25, 0.3) is 0 Å². The maximum atomic E-state index is 13.8. The number of halogens is 1. The van der Waals surface area contributed by atoms with Crippen LogP contribution in [0, 0.1) is 12.7 Å². The Morgan fingerprint density at radius 2 is 2.30 bits per heavy atom. The van der Waals surface area contributed by atoms with E-state index in [0.29, 0.717) is 5.56 Å². The van der Waals surface area contributed by atoms with Gasteiger partial charge in [0.25, 0.3) is 0 Å². The lowest BCUT2D eigenvalue weighted by molar-refractivity contribution is -0.0392. The number of likely N-dealkylation sites (N-methyl/N-ethyl adjacent to an activating group) is 1. The molecule has 1 N–H and O–H groups in total. The van der Waals surface area contributed by atoms with Crippen molar-refractivity contribution in [2.24, 2.45) is 0 Å². The highest BCUT2D eigenvalue weighted by molar-refractivity contribution is 5.26. The van der Waals surface area contributed by atoms with Crippen molar-refractivity contribution in [3.8, 4) is 0 Å². The van der Waals surface area contributed by atoms with Gasteiger partial charge >= 0.3 is 0 Å². The van der Waals surface area contributed by atoms with Crippen LogP contribution in [0.2, 0.25) is 0 Å². The molecule has 2 unspecified atom stereocenters. The number of hydrogen-bond acceptors (Lipinski definition) is 3. The highest BCUT2D eigenvalue weighted by atomic mass is 19.1. The van der Waals surface area contributed by atoms with E-state index in [-0.39, 0.29) is 18.0 Å². The van der Waals surface area contributed by atoms with Gasteiger partial charge in [0.1, 0.15) is 5.82 Å². The maximum absolute atomic E-state index is 13.8. The Bertz CT molecular complexity index is 438. The van der Waals surface area contributed by atoms with E-state index in [1.54, 1.807) is 13.0 Å². The van der Waals surface area contributed by atoms with E-state index < -0.39 is 0 Å². The van der Waals surface area contributed by atoms with Gasteiger partial charge in [-0.2, -0.15) is 0 Å². The smallest absolute Gasteiger partial charge is 0.126 e. The fourth-order valence-electron chi connectivity index (χ4n) is 2.58. The summed E-state index contributed by atoms with van der Waals surface area (Å²) in [5, 5.41) is 3.50. The highest BCUT2D eigenvalue weighted by Crippen LogP contribution is 2.24. The first kappa shape index (κ1) is 15.4. The quantitative estimate of drug-likeness (QED) is 0.897. The van der Waals surface area contributed by atoms with Crippen molar-refractivity contribution in [3.63, 3.8) is 0 Å². The van der Waals surface area contributed by atoms with E-state index in [1.165, 1.54) is 0 Å². The minimum atomic E-state index is -0.144. The number of rotatable bonds is 5. The normalized spacial score (nSPS) is 21.9. The van der Waals surface area contributed by atoms with Crippen molar-refractivity contribution in [2.45, 2.75) is 32.4 Å². The molecule has 112 valence electrons. The molecule has 0 bridgehead atoms. The molecule has 1 aromatic carbocycles. The molecule has 1 saturated heterocycles. The van der Waals surface area contributed by atoms with Crippen molar-refractivity contribution >= 4 is 0 Å². The van der Waals surface area contributed by atoms with Gasteiger partial charge in [-0.15, -0.1) is 0 Å². The minimum Gasteiger partial charge on any atom is -0.374 e. The van der Waals surface area contributed by atoms with Gasteiger partial charge in [0.15, 0.2) is 0 Å². The molecule has 0 aromatic heterocycles. The molecule has 2 atom stereocenters. The van der Waals surface area contributed by atoms with Crippen molar-refractivity contribution in [1.82, 2.24) is 10.2 Å². The zero-order chi connectivity index (χ0) is 14.5. The number of nitrogens with zero attached hydrogens (tertiary/aromatic N) is 1. The lowest BCUT2D eigenvalue weighted by atomic mass is 9.98. The second-order valence-corrected chi connectivity index (χ2v) is 5.61. The van der Waals surface area contributed by atoms with Gasteiger partial charge in [0.2, 0.25) is 0 Å². The Morgan fingerprint density at radius 3 is 2.95 bits per heavy atom. The van der Waals surface area contributed by atoms with Crippen LogP contribution in [0.4, 0.5) is 4.39 Å².